The van der Waals surface area contributed by atoms with Gasteiger partial charge < -0.3 is 15.5 Å². The molecular formula is C25H24F2N8O. The average Bonchev–Trinajstić information content (AvgIpc) is 3.13. The first-order chi connectivity index (χ1) is 17.4. The second-order valence-electron chi connectivity index (χ2n) is 9.02. The zero-order chi connectivity index (χ0) is 24.9. The van der Waals surface area contributed by atoms with Crippen LogP contribution in [0.15, 0.2) is 60.0 Å². The van der Waals surface area contributed by atoms with Crippen molar-refractivity contribution < 1.29 is 8.78 Å². The lowest BCUT2D eigenvalue weighted by Gasteiger charge is -2.39. The summed E-state index contributed by atoms with van der Waals surface area (Å²) in [5.74, 6) is -1.58. The third kappa shape index (κ3) is 3.91. The molecule has 1 fully saturated rings. The monoisotopic (exact) mass is 490 g/mol. The molecule has 0 atom stereocenters. The molecule has 0 unspecified atom stereocenters. The molecule has 0 saturated carbocycles. The van der Waals surface area contributed by atoms with Gasteiger partial charge in [0, 0.05) is 18.4 Å². The number of nitrogens with one attached hydrogen (secondary N) is 2. The van der Waals surface area contributed by atoms with E-state index in [1.165, 1.54) is 26.9 Å². The first-order valence-corrected chi connectivity index (χ1v) is 11.7. The highest BCUT2D eigenvalue weighted by atomic mass is 19.3. The van der Waals surface area contributed by atoms with Crippen molar-refractivity contribution in [2.45, 2.75) is 25.4 Å². The third-order valence-corrected chi connectivity index (χ3v) is 6.43. The molecule has 2 N–H and O–H groups in total. The molecule has 2 aliphatic rings. The summed E-state index contributed by atoms with van der Waals surface area (Å²) in [7, 11) is 0. The Morgan fingerprint density at radius 1 is 1.14 bits per heavy atom. The van der Waals surface area contributed by atoms with Crippen molar-refractivity contribution in [3.8, 4) is 5.82 Å². The number of nitrogens with zero attached hydrogens (tertiary/aromatic N) is 6. The van der Waals surface area contributed by atoms with Crippen LogP contribution in [0.1, 0.15) is 11.1 Å². The number of halogens is 2. The number of rotatable bonds is 6. The number of pyridine rings is 1. The van der Waals surface area contributed by atoms with Crippen molar-refractivity contribution in [3.05, 3.63) is 76.7 Å². The van der Waals surface area contributed by atoms with Crippen LogP contribution in [0.2, 0.25) is 0 Å². The topological polar surface area (TPSA) is 92.9 Å². The minimum Gasteiger partial charge on any atom is -0.344 e. The van der Waals surface area contributed by atoms with E-state index in [9.17, 15) is 13.6 Å². The van der Waals surface area contributed by atoms with Gasteiger partial charge in [0.05, 0.1) is 19.6 Å². The van der Waals surface area contributed by atoms with Crippen molar-refractivity contribution in [1.82, 2.24) is 29.6 Å². The summed E-state index contributed by atoms with van der Waals surface area (Å²) >= 11 is 0. The Morgan fingerprint density at radius 2 is 1.97 bits per heavy atom. The van der Waals surface area contributed by atoms with Gasteiger partial charge in [0.15, 0.2) is 11.5 Å². The van der Waals surface area contributed by atoms with E-state index in [0.717, 1.165) is 25.2 Å². The van der Waals surface area contributed by atoms with Crippen molar-refractivity contribution in [2.75, 3.05) is 29.9 Å². The van der Waals surface area contributed by atoms with E-state index < -0.39 is 5.92 Å². The molecule has 6 rings (SSSR count). The predicted molar refractivity (Wildman–Crippen MR) is 133 cm³/mol. The Bertz CT molecular complexity index is 1540. The molecule has 1 aromatic carbocycles. The van der Waals surface area contributed by atoms with Gasteiger partial charge >= 0.3 is 0 Å². The maximum Gasteiger partial charge on any atom is 0.282 e. The largest absolute Gasteiger partial charge is 0.344 e. The van der Waals surface area contributed by atoms with Gasteiger partial charge in [-0.05, 0) is 48.4 Å². The van der Waals surface area contributed by atoms with Gasteiger partial charge in [0.1, 0.15) is 11.2 Å². The standard InChI is InChI=1S/C25H24F2N8O/c1-2-10-34-23(36)19-13-29-24(30-18-7-6-17-12-28-9-8-16(17)11-18)32-22(19)35(34)21-5-3-4-20(31-21)33-14-25(26,27)15-33/h2-7,11,13,28H,1,8-10,12,14-15H2,(H,29,30,32). The van der Waals surface area contributed by atoms with Gasteiger partial charge in [0.2, 0.25) is 5.95 Å². The fraction of sp³-hybridized carbons (Fsp3) is 0.280. The third-order valence-electron chi connectivity index (χ3n) is 6.43. The lowest BCUT2D eigenvalue weighted by atomic mass is 10.0. The molecule has 0 radical (unpaired) electrons. The first-order valence-electron chi connectivity index (χ1n) is 11.7. The van der Waals surface area contributed by atoms with E-state index in [4.69, 9.17) is 0 Å². The minimum absolute atomic E-state index is 0.213. The van der Waals surface area contributed by atoms with Gasteiger partial charge in [-0.25, -0.2) is 28.1 Å². The molecule has 0 aliphatic carbocycles. The molecule has 0 amide bonds. The van der Waals surface area contributed by atoms with Crippen LogP contribution in [0, 0.1) is 0 Å². The van der Waals surface area contributed by atoms with Crippen LogP contribution < -0.4 is 21.1 Å². The number of hydrogen-bond donors (Lipinski definition) is 2. The Labute approximate surface area is 205 Å². The zero-order valence-electron chi connectivity index (χ0n) is 19.4. The van der Waals surface area contributed by atoms with Crippen LogP contribution in [0.4, 0.5) is 26.2 Å². The Hall–Kier alpha value is -4.12. The highest BCUT2D eigenvalue weighted by Crippen LogP contribution is 2.31. The number of alkyl halides is 2. The summed E-state index contributed by atoms with van der Waals surface area (Å²) in [4.78, 5) is 28.3. The number of anilines is 3. The van der Waals surface area contributed by atoms with E-state index in [1.807, 2.05) is 6.07 Å². The van der Waals surface area contributed by atoms with Gasteiger partial charge in [-0.2, -0.15) is 4.98 Å². The molecule has 0 bridgehead atoms. The Balaban J connectivity index is 1.41. The molecule has 3 aromatic heterocycles. The molecule has 4 aromatic rings. The second-order valence-corrected chi connectivity index (χ2v) is 9.02. The highest BCUT2D eigenvalue weighted by molar-refractivity contribution is 5.77. The van der Waals surface area contributed by atoms with Crippen LogP contribution >= 0.6 is 0 Å². The van der Waals surface area contributed by atoms with Crippen LogP contribution in [-0.2, 0) is 19.5 Å². The molecular weight excluding hydrogens is 466 g/mol. The molecule has 184 valence electrons. The molecule has 2 aliphatic heterocycles. The van der Waals surface area contributed by atoms with Crippen LogP contribution in [0.5, 0.6) is 0 Å². The van der Waals surface area contributed by atoms with Crippen molar-refractivity contribution in [3.63, 3.8) is 0 Å². The van der Waals surface area contributed by atoms with E-state index in [1.54, 1.807) is 29.0 Å². The summed E-state index contributed by atoms with van der Waals surface area (Å²) in [6.07, 6.45) is 4.04. The van der Waals surface area contributed by atoms with E-state index in [-0.39, 0.29) is 25.2 Å². The number of benzene rings is 1. The van der Waals surface area contributed by atoms with Crippen molar-refractivity contribution in [1.29, 1.82) is 0 Å². The summed E-state index contributed by atoms with van der Waals surface area (Å²) in [5.41, 5.74) is 3.46. The second kappa shape index (κ2) is 8.52. The Morgan fingerprint density at radius 3 is 2.78 bits per heavy atom. The van der Waals surface area contributed by atoms with Crippen LogP contribution in [0.3, 0.4) is 0 Å². The van der Waals surface area contributed by atoms with Crippen LogP contribution in [-0.4, -0.2) is 49.9 Å². The fourth-order valence-corrected chi connectivity index (χ4v) is 4.67. The quantitative estimate of drug-likeness (QED) is 0.402. The summed E-state index contributed by atoms with van der Waals surface area (Å²) in [5, 5.41) is 6.92. The molecule has 36 heavy (non-hydrogen) atoms. The molecule has 1 saturated heterocycles. The minimum atomic E-state index is -2.72. The summed E-state index contributed by atoms with van der Waals surface area (Å²) in [6, 6.07) is 11.3. The number of allylic oxidation sites excluding steroid dienone is 1. The summed E-state index contributed by atoms with van der Waals surface area (Å²) < 4.78 is 29.9. The number of aromatic nitrogens is 5. The number of fused-ring (bicyclic) bond motifs is 2. The SMILES string of the molecule is C=CCn1c(=O)c2cnc(Nc3ccc4c(c3)CCNC4)nc2n1-c1cccc(N2CC(F)(F)C2)n1. The maximum absolute atomic E-state index is 13.4. The summed E-state index contributed by atoms with van der Waals surface area (Å²) in [6.45, 7) is 4.98. The van der Waals surface area contributed by atoms with E-state index in [2.05, 4.69) is 44.3 Å². The lowest BCUT2D eigenvalue weighted by molar-refractivity contribution is -0.0267. The van der Waals surface area contributed by atoms with Gasteiger partial charge in [-0.1, -0.05) is 18.2 Å². The normalized spacial score (nSPS) is 16.4. The Kier molecular flexibility index (Phi) is 5.29. The van der Waals surface area contributed by atoms with Gasteiger partial charge in [-0.15, -0.1) is 6.58 Å². The maximum atomic E-state index is 13.4. The smallest absolute Gasteiger partial charge is 0.282 e. The van der Waals surface area contributed by atoms with E-state index >= 15 is 0 Å². The van der Waals surface area contributed by atoms with Gasteiger partial charge in [0.25, 0.3) is 11.5 Å². The molecule has 11 heteroatoms. The predicted octanol–water partition coefficient (Wildman–Crippen LogP) is 3.01. The lowest BCUT2D eigenvalue weighted by Crippen LogP contribution is -2.56. The zero-order valence-corrected chi connectivity index (χ0v) is 19.4. The van der Waals surface area contributed by atoms with Crippen molar-refractivity contribution in [2.24, 2.45) is 0 Å². The fourth-order valence-electron chi connectivity index (χ4n) is 4.67. The number of hydrogen-bond acceptors (Lipinski definition) is 7. The molecule has 0 spiro atoms. The van der Waals surface area contributed by atoms with Gasteiger partial charge in [-0.3, -0.25) is 4.79 Å². The first kappa shape index (κ1) is 22.4. The van der Waals surface area contributed by atoms with Crippen LogP contribution in [0.25, 0.3) is 16.9 Å². The van der Waals surface area contributed by atoms with E-state index in [0.29, 0.717) is 28.6 Å². The highest BCUT2D eigenvalue weighted by Gasteiger charge is 2.44. The molecule has 9 nitrogen and oxygen atoms in total. The average molecular weight is 491 g/mol. The molecule has 5 heterocycles. The van der Waals surface area contributed by atoms with Crippen molar-refractivity contribution >= 4 is 28.5 Å².